The molecule has 2 N–H and O–H groups in total. The van der Waals surface area contributed by atoms with Crippen LogP contribution in [0, 0.1) is 0 Å². The third kappa shape index (κ3) is 4.22. The Morgan fingerprint density at radius 2 is 1.90 bits per heavy atom. The molecule has 2 aromatic carbocycles. The summed E-state index contributed by atoms with van der Waals surface area (Å²) in [5, 5.41) is 13.5. The fraction of sp³-hybridized carbons (Fsp3) is 0.348. The number of aromatic nitrogens is 2. The van der Waals surface area contributed by atoms with Crippen LogP contribution in [0.25, 0.3) is 10.9 Å². The van der Waals surface area contributed by atoms with E-state index in [1.807, 2.05) is 30.3 Å². The Morgan fingerprint density at radius 3 is 2.72 bits per heavy atom. The van der Waals surface area contributed by atoms with Crippen molar-refractivity contribution in [1.82, 2.24) is 14.9 Å². The van der Waals surface area contributed by atoms with Gasteiger partial charge in [-0.25, -0.2) is 4.98 Å². The molecule has 1 unspecified atom stereocenters. The molecule has 150 valence electrons. The van der Waals surface area contributed by atoms with Gasteiger partial charge in [0.1, 0.15) is 5.82 Å². The van der Waals surface area contributed by atoms with Gasteiger partial charge in [-0.1, -0.05) is 43.2 Å². The second-order valence-corrected chi connectivity index (χ2v) is 7.52. The lowest BCUT2D eigenvalue weighted by molar-refractivity contribution is 0.0916. The molecule has 0 spiro atoms. The first-order valence-electron chi connectivity index (χ1n) is 10.2. The van der Waals surface area contributed by atoms with Gasteiger partial charge < -0.3 is 10.4 Å². The largest absolute Gasteiger partial charge is 0.387 e. The highest BCUT2D eigenvalue weighted by Crippen LogP contribution is 2.17. The summed E-state index contributed by atoms with van der Waals surface area (Å²) in [6.07, 6.45) is 4.31. The van der Waals surface area contributed by atoms with Crippen LogP contribution in [0.1, 0.15) is 53.5 Å². The first-order valence-corrected chi connectivity index (χ1v) is 10.2. The average molecular weight is 391 g/mol. The maximum Gasteiger partial charge on any atom is 0.261 e. The Bertz CT molecular complexity index is 1080. The molecule has 2 heterocycles. The molecular weight excluding hydrogens is 366 g/mol. The van der Waals surface area contributed by atoms with Crippen LogP contribution in [-0.2, 0) is 13.0 Å². The number of fused-ring (bicyclic) bond motifs is 2. The molecular formula is C23H25N3O3. The lowest BCUT2D eigenvalue weighted by Crippen LogP contribution is -2.29. The number of aliphatic hydroxyl groups excluding tert-OH is 1. The van der Waals surface area contributed by atoms with E-state index in [9.17, 15) is 14.7 Å². The Balaban J connectivity index is 1.55. The Kier molecular flexibility index (Phi) is 5.71. The number of nitrogens with one attached hydrogen (secondary N) is 1. The molecule has 0 bridgehead atoms. The summed E-state index contributed by atoms with van der Waals surface area (Å²) in [6.45, 7) is 0.817. The first-order chi connectivity index (χ1) is 14.1. The van der Waals surface area contributed by atoms with E-state index in [1.165, 1.54) is 0 Å². The highest BCUT2D eigenvalue weighted by Gasteiger charge is 2.15. The van der Waals surface area contributed by atoms with Crippen molar-refractivity contribution < 1.29 is 9.90 Å². The molecule has 1 aromatic heterocycles. The van der Waals surface area contributed by atoms with Crippen molar-refractivity contribution in [3.63, 3.8) is 0 Å². The van der Waals surface area contributed by atoms with Crippen LogP contribution in [-0.4, -0.2) is 27.1 Å². The molecule has 6 heteroatoms. The third-order valence-electron chi connectivity index (χ3n) is 5.47. The number of nitrogens with zero attached hydrogens (tertiary/aromatic N) is 2. The van der Waals surface area contributed by atoms with Gasteiger partial charge in [-0.2, -0.15) is 0 Å². The van der Waals surface area contributed by atoms with Gasteiger partial charge in [-0.05, 0) is 36.6 Å². The van der Waals surface area contributed by atoms with Crippen LogP contribution >= 0.6 is 0 Å². The van der Waals surface area contributed by atoms with E-state index in [4.69, 9.17) is 4.98 Å². The zero-order chi connectivity index (χ0) is 20.2. The first kappa shape index (κ1) is 19.3. The highest BCUT2D eigenvalue weighted by atomic mass is 16.3. The monoisotopic (exact) mass is 391 g/mol. The van der Waals surface area contributed by atoms with Crippen LogP contribution in [0.2, 0.25) is 0 Å². The molecule has 0 fully saturated rings. The number of hydrogen-bond donors (Lipinski definition) is 2. The van der Waals surface area contributed by atoms with E-state index in [-0.39, 0.29) is 18.0 Å². The van der Waals surface area contributed by atoms with Crippen molar-refractivity contribution in [2.24, 2.45) is 0 Å². The zero-order valence-electron chi connectivity index (χ0n) is 16.3. The van der Waals surface area contributed by atoms with Crippen molar-refractivity contribution in [2.75, 3.05) is 6.54 Å². The van der Waals surface area contributed by atoms with Crippen molar-refractivity contribution in [2.45, 2.75) is 44.8 Å². The van der Waals surface area contributed by atoms with Crippen molar-refractivity contribution in [3.05, 3.63) is 75.8 Å². The maximum atomic E-state index is 12.9. The standard InChI is InChI=1S/C23H25N3O3/c27-20(16-8-4-3-5-9-16)15-24-22(28)17-11-12-18-19(14-17)25-21-10-6-1-2-7-13-26(21)23(18)29/h3-5,8-9,11-12,14,20,27H,1-2,6-7,10,13,15H2,(H,24,28). The Labute approximate surface area is 169 Å². The minimum atomic E-state index is -0.775. The number of carbonyl (C=O) groups excluding carboxylic acids is 1. The van der Waals surface area contributed by atoms with Gasteiger partial charge in [0.05, 0.1) is 17.0 Å². The van der Waals surface area contributed by atoms with Gasteiger partial charge in [-0.3, -0.25) is 14.2 Å². The second-order valence-electron chi connectivity index (χ2n) is 7.52. The van der Waals surface area contributed by atoms with E-state index >= 15 is 0 Å². The summed E-state index contributed by atoms with van der Waals surface area (Å²) in [5.41, 5.74) is 1.71. The van der Waals surface area contributed by atoms with Crippen molar-refractivity contribution in [3.8, 4) is 0 Å². The van der Waals surface area contributed by atoms with E-state index < -0.39 is 6.10 Å². The predicted octanol–water partition coefficient (Wildman–Crippen LogP) is 2.98. The van der Waals surface area contributed by atoms with Crippen molar-refractivity contribution in [1.29, 1.82) is 0 Å². The summed E-state index contributed by atoms with van der Waals surface area (Å²) < 4.78 is 1.79. The average Bonchev–Trinajstić information content (AvgIpc) is 2.73. The molecule has 0 saturated heterocycles. The van der Waals surface area contributed by atoms with Crippen molar-refractivity contribution >= 4 is 16.8 Å². The molecule has 29 heavy (non-hydrogen) atoms. The number of amides is 1. The number of aryl methyl sites for hydroxylation is 1. The normalized spacial score (nSPS) is 15.2. The van der Waals surface area contributed by atoms with E-state index in [1.54, 1.807) is 22.8 Å². The topological polar surface area (TPSA) is 84.2 Å². The lowest BCUT2D eigenvalue weighted by atomic mass is 10.1. The second kappa shape index (κ2) is 8.57. The van der Waals surface area contributed by atoms with E-state index in [0.29, 0.717) is 23.0 Å². The van der Waals surface area contributed by atoms with E-state index in [2.05, 4.69) is 5.32 Å². The fourth-order valence-electron chi connectivity index (χ4n) is 3.82. The zero-order valence-corrected chi connectivity index (χ0v) is 16.3. The maximum absolute atomic E-state index is 12.9. The summed E-state index contributed by atoms with van der Waals surface area (Å²) in [4.78, 5) is 30.1. The molecule has 6 nitrogen and oxygen atoms in total. The smallest absolute Gasteiger partial charge is 0.261 e. The third-order valence-corrected chi connectivity index (χ3v) is 5.47. The molecule has 0 radical (unpaired) electrons. The van der Waals surface area contributed by atoms with Gasteiger partial charge in [0.2, 0.25) is 0 Å². The van der Waals surface area contributed by atoms with Gasteiger partial charge in [0.15, 0.2) is 0 Å². The minimum Gasteiger partial charge on any atom is -0.387 e. The van der Waals surface area contributed by atoms with Gasteiger partial charge >= 0.3 is 0 Å². The predicted molar refractivity (Wildman–Crippen MR) is 112 cm³/mol. The van der Waals surface area contributed by atoms with Gasteiger partial charge in [0, 0.05) is 25.1 Å². The molecule has 3 aromatic rings. The molecule has 1 aliphatic heterocycles. The Hall–Kier alpha value is -2.99. The van der Waals surface area contributed by atoms with Crippen LogP contribution in [0.15, 0.2) is 53.3 Å². The number of hydrogen-bond acceptors (Lipinski definition) is 4. The molecule has 4 rings (SSSR count). The summed E-state index contributed by atoms with van der Waals surface area (Å²) in [7, 11) is 0. The molecule has 0 aliphatic carbocycles. The van der Waals surface area contributed by atoms with Gasteiger partial charge in [0.25, 0.3) is 11.5 Å². The van der Waals surface area contributed by atoms with Gasteiger partial charge in [-0.15, -0.1) is 0 Å². The summed E-state index contributed by atoms with van der Waals surface area (Å²) >= 11 is 0. The quantitative estimate of drug-likeness (QED) is 0.716. The number of aliphatic hydroxyl groups is 1. The minimum absolute atomic E-state index is 0.0293. The van der Waals surface area contributed by atoms with Crippen LogP contribution < -0.4 is 10.9 Å². The van der Waals surface area contributed by atoms with Crippen LogP contribution in [0.4, 0.5) is 0 Å². The highest BCUT2D eigenvalue weighted by molar-refractivity contribution is 5.97. The van der Waals surface area contributed by atoms with E-state index in [0.717, 1.165) is 43.5 Å². The summed E-state index contributed by atoms with van der Waals surface area (Å²) in [5.74, 6) is 0.509. The Morgan fingerprint density at radius 1 is 1.10 bits per heavy atom. The molecule has 1 amide bonds. The number of rotatable bonds is 4. The van der Waals surface area contributed by atoms with Crippen LogP contribution in [0.3, 0.4) is 0 Å². The van der Waals surface area contributed by atoms with Crippen LogP contribution in [0.5, 0.6) is 0 Å². The number of carbonyl (C=O) groups is 1. The lowest BCUT2D eigenvalue weighted by Gasteiger charge is -2.16. The molecule has 0 saturated carbocycles. The fourth-order valence-corrected chi connectivity index (χ4v) is 3.82. The SMILES string of the molecule is O=C(NCC(O)c1ccccc1)c1ccc2c(=O)n3c(nc2c1)CCCCCC3. The summed E-state index contributed by atoms with van der Waals surface area (Å²) in [6, 6.07) is 14.2. The number of benzene rings is 2. The molecule has 1 aliphatic rings. The molecule has 1 atom stereocenters.